The number of rotatable bonds is 0. The summed E-state index contributed by atoms with van der Waals surface area (Å²) in [5, 5.41) is 0.692. The quantitative estimate of drug-likeness (QED) is 0.496. The van der Waals surface area contributed by atoms with E-state index >= 15 is 0 Å². The maximum atomic E-state index is 10.7. The van der Waals surface area contributed by atoms with E-state index < -0.39 is 11.0 Å². The summed E-state index contributed by atoms with van der Waals surface area (Å²) in [6, 6.07) is 0. The Hall–Kier alpha value is -0.220. The van der Waals surface area contributed by atoms with Crippen LogP contribution in [0.25, 0.3) is 0 Å². The summed E-state index contributed by atoms with van der Waals surface area (Å²) in [5.74, 6) is 0. The van der Waals surface area contributed by atoms with Gasteiger partial charge in [0.2, 0.25) is 0 Å². The van der Waals surface area contributed by atoms with Crippen LogP contribution in [0, 0.1) is 0 Å². The zero-order valence-electron chi connectivity index (χ0n) is 4.84. The maximum Gasteiger partial charge on any atom is 0.140 e. The molecule has 0 aliphatic carbocycles. The molecular weight excluding hydrogens is 124 g/mol. The molecule has 1 aliphatic heterocycles. The Morgan fingerprint density at radius 3 is 2.62 bits per heavy atom. The Morgan fingerprint density at radius 2 is 2.50 bits per heavy atom. The summed E-state index contributed by atoms with van der Waals surface area (Å²) in [7, 11) is -0.998. The summed E-state index contributed by atoms with van der Waals surface area (Å²) in [4.78, 5) is 3.98. The van der Waals surface area contributed by atoms with E-state index in [1.165, 1.54) is 0 Å². The average Bonchev–Trinajstić information content (AvgIpc) is 1.85. The molecule has 0 saturated carbocycles. The first-order valence-electron chi connectivity index (χ1n) is 2.42. The standard InChI is InChI=1S/C4H8N2OS/c1-3-5-4(2)8(7)6-3/h3,6H,1-2H3. The molecule has 0 spiro atoms. The topological polar surface area (TPSA) is 41.5 Å². The molecule has 2 unspecified atom stereocenters. The van der Waals surface area contributed by atoms with E-state index in [1.807, 2.05) is 6.92 Å². The van der Waals surface area contributed by atoms with Crippen molar-refractivity contribution in [2.24, 2.45) is 4.99 Å². The zero-order chi connectivity index (χ0) is 6.15. The molecule has 2 atom stereocenters. The summed E-state index contributed by atoms with van der Waals surface area (Å²) >= 11 is 0. The third-order valence-corrected chi connectivity index (χ3v) is 2.12. The fourth-order valence-electron chi connectivity index (χ4n) is 0.587. The Balaban J connectivity index is 2.73. The van der Waals surface area contributed by atoms with E-state index in [-0.39, 0.29) is 6.17 Å². The van der Waals surface area contributed by atoms with Gasteiger partial charge >= 0.3 is 0 Å². The smallest absolute Gasteiger partial charge is 0.140 e. The predicted molar refractivity (Wildman–Crippen MR) is 33.8 cm³/mol. The van der Waals surface area contributed by atoms with Gasteiger partial charge in [0, 0.05) is 0 Å². The van der Waals surface area contributed by atoms with Crippen LogP contribution in [0.5, 0.6) is 0 Å². The Kier molecular flexibility index (Phi) is 1.44. The predicted octanol–water partition coefficient (Wildman–Crippen LogP) is 0.0177. The van der Waals surface area contributed by atoms with Crippen molar-refractivity contribution in [3.05, 3.63) is 0 Å². The van der Waals surface area contributed by atoms with Crippen LogP contribution in [-0.4, -0.2) is 15.4 Å². The number of hydrogen-bond acceptors (Lipinski definition) is 2. The SMILES string of the molecule is CC1=NC(C)NS1=O. The van der Waals surface area contributed by atoms with Gasteiger partial charge < -0.3 is 0 Å². The molecular formula is C4H8N2OS. The minimum absolute atomic E-state index is 0.0378. The Morgan fingerprint density at radius 1 is 1.88 bits per heavy atom. The lowest BCUT2D eigenvalue weighted by Crippen LogP contribution is -2.20. The van der Waals surface area contributed by atoms with E-state index in [4.69, 9.17) is 0 Å². The maximum absolute atomic E-state index is 10.7. The van der Waals surface area contributed by atoms with Crippen molar-refractivity contribution in [3.8, 4) is 0 Å². The van der Waals surface area contributed by atoms with Gasteiger partial charge in [-0.3, -0.25) is 4.99 Å². The monoisotopic (exact) mass is 132 g/mol. The van der Waals surface area contributed by atoms with Crippen molar-refractivity contribution < 1.29 is 4.21 Å². The van der Waals surface area contributed by atoms with Gasteiger partial charge in [0.25, 0.3) is 0 Å². The summed E-state index contributed by atoms with van der Waals surface area (Å²) < 4.78 is 13.4. The van der Waals surface area contributed by atoms with Crippen LogP contribution in [-0.2, 0) is 11.0 Å². The van der Waals surface area contributed by atoms with E-state index in [2.05, 4.69) is 9.71 Å². The van der Waals surface area contributed by atoms with Gasteiger partial charge in [-0.2, -0.15) is 0 Å². The van der Waals surface area contributed by atoms with Gasteiger partial charge in [-0.15, -0.1) is 0 Å². The number of nitrogens with one attached hydrogen (secondary N) is 1. The van der Waals surface area contributed by atoms with Gasteiger partial charge in [0.05, 0.1) is 0 Å². The third-order valence-electron chi connectivity index (χ3n) is 0.921. The van der Waals surface area contributed by atoms with Crippen molar-refractivity contribution in [1.29, 1.82) is 0 Å². The molecule has 3 nitrogen and oxygen atoms in total. The van der Waals surface area contributed by atoms with Crippen molar-refractivity contribution in [3.63, 3.8) is 0 Å². The summed E-state index contributed by atoms with van der Waals surface area (Å²) in [6.45, 7) is 3.63. The van der Waals surface area contributed by atoms with Crippen LogP contribution >= 0.6 is 0 Å². The lowest BCUT2D eigenvalue weighted by Gasteiger charge is -1.92. The largest absolute Gasteiger partial charge is 0.260 e. The second kappa shape index (κ2) is 1.95. The molecule has 1 aliphatic rings. The molecule has 0 aromatic carbocycles. The van der Waals surface area contributed by atoms with Crippen molar-refractivity contribution >= 4 is 16.0 Å². The van der Waals surface area contributed by atoms with Gasteiger partial charge in [-0.1, -0.05) is 0 Å². The second-order valence-corrected chi connectivity index (χ2v) is 3.07. The number of hydrogen-bond donors (Lipinski definition) is 1. The lowest BCUT2D eigenvalue weighted by atomic mass is 10.6. The van der Waals surface area contributed by atoms with Crippen LogP contribution in [0.4, 0.5) is 0 Å². The zero-order valence-corrected chi connectivity index (χ0v) is 5.66. The minimum atomic E-state index is -0.998. The molecule has 8 heavy (non-hydrogen) atoms. The van der Waals surface area contributed by atoms with E-state index in [0.717, 1.165) is 0 Å². The van der Waals surface area contributed by atoms with E-state index in [1.54, 1.807) is 6.92 Å². The Bertz CT molecular complexity index is 154. The van der Waals surface area contributed by atoms with Crippen LogP contribution < -0.4 is 4.72 Å². The summed E-state index contributed by atoms with van der Waals surface area (Å²) in [5.41, 5.74) is 0. The first kappa shape index (κ1) is 5.91. The van der Waals surface area contributed by atoms with Gasteiger partial charge in [-0.05, 0) is 13.8 Å². The van der Waals surface area contributed by atoms with Crippen LogP contribution in [0.1, 0.15) is 13.8 Å². The van der Waals surface area contributed by atoms with Gasteiger partial charge in [-0.25, -0.2) is 8.93 Å². The summed E-state index contributed by atoms with van der Waals surface area (Å²) in [6.07, 6.45) is 0.0378. The molecule has 0 saturated heterocycles. The molecule has 0 bridgehead atoms. The van der Waals surface area contributed by atoms with Crippen LogP contribution in [0.3, 0.4) is 0 Å². The fraction of sp³-hybridized carbons (Fsp3) is 0.750. The molecule has 1 N–H and O–H groups in total. The normalized spacial score (nSPS) is 37.5. The number of aliphatic imine (C=N–C) groups is 1. The fourth-order valence-corrected chi connectivity index (χ4v) is 1.37. The minimum Gasteiger partial charge on any atom is -0.260 e. The highest BCUT2D eigenvalue weighted by molar-refractivity contribution is 7.99. The molecule has 0 fully saturated rings. The molecule has 4 heteroatoms. The first-order valence-corrected chi connectivity index (χ1v) is 3.57. The number of nitrogens with zero attached hydrogens (tertiary/aromatic N) is 1. The molecule has 0 aromatic heterocycles. The third kappa shape index (κ3) is 0.952. The Labute approximate surface area is 50.8 Å². The molecule has 46 valence electrons. The lowest BCUT2D eigenvalue weighted by molar-refractivity contribution is 0.667. The van der Waals surface area contributed by atoms with Gasteiger partial charge in [0.15, 0.2) is 0 Å². The highest BCUT2D eigenvalue weighted by Gasteiger charge is 2.14. The van der Waals surface area contributed by atoms with E-state index in [9.17, 15) is 4.21 Å². The van der Waals surface area contributed by atoms with E-state index in [0.29, 0.717) is 5.04 Å². The highest BCUT2D eigenvalue weighted by Crippen LogP contribution is 1.98. The van der Waals surface area contributed by atoms with Crippen LogP contribution in [0.15, 0.2) is 4.99 Å². The molecule has 0 aromatic rings. The molecule has 0 amide bonds. The first-order chi connectivity index (χ1) is 3.70. The highest BCUT2D eigenvalue weighted by atomic mass is 32.2. The van der Waals surface area contributed by atoms with Crippen molar-refractivity contribution in [2.75, 3.05) is 0 Å². The average molecular weight is 132 g/mol. The van der Waals surface area contributed by atoms with Crippen molar-refractivity contribution in [1.82, 2.24) is 4.72 Å². The molecule has 0 radical (unpaired) electrons. The van der Waals surface area contributed by atoms with Gasteiger partial charge in [0.1, 0.15) is 22.2 Å². The molecule has 1 heterocycles. The van der Waals surface area contributed by atoms with Crippen LogP contribution in [0.2, 0.25) is 0 Å². The second-order valence-electron chi connectivity index (χ2n) is 1.71. The molecule has 1 rings (SSSR count). The van der Waals surface area contributed by atoms with Crippen molar-refractivity contribution in [2.45, 2.75) is 20.0 Å².